The molecule has 0 aliphatic rings. The van der Waals surface area contributed by atoms with E-state index in [0.717, 1.165) is 45.2 Å². The molecule has 0 unspecified atom stereocenters. The molecule has 0 fully saturated rings. The normalized spacial score (nSPS) is 13.0. The van der Waals surface area contributed by atoms with Crippen LogP contribution in [0.5, 0.6) is 0 Å². The van der Waals surface area contributed by atoms with E-state index in [9.17, 15) is 4.79 Å². The minimum absolute atomic E-state index is 0.218. The number of carboxylic acid groups (broad SMARTS) is 1. The van der Waals surface area contributed by atoms with Crippen LogP contribution in [0.2, 0.25) is 0 Å². The van der Waals surface area contributed by atoms with Crippen LogP contribution < -0.4 is 5.32 Å². The number of nitrogens with one attached hydrogen (secondary N) is 1. The molecule has 0 saturated carbocycles. The van der Waals surface area contributed by atoms with Crippen molar-refractivity contribution >= 4 is 5.97 Å². The molecule has 1 aromatic rings. The van der Waals surface area contributed by atoms with Crippen molar-refractivity contribution in [3.63, 3.8) is 0 Å². The topological polar surface area (TPSA) is 49.3 Å². The molecule has 0 saturated heterocycles. The second-order valence-corrected chi connectivity index (χ2v) is 8.02. The zero-order valence-electron chi connectivity index (χ0n) is 15.9. The number of unbranched alkanes of at least 4 members (excludes halogenated alkanes) is 3. The smallest absolute Gasteiger partial charge is 0.303 e. The zero-order valence-corrected chi connectivity index (χ0v) is 15.9. The molecule has 136 valence electrons. The van der Waals surface area contributed by atoms with Gasteiger partial charge in [0.2, 0.25) is 0 Å². The van der Waals surface area contributed by atoms with Crippen molar-refractivity contribution in [2.45, 2.75) is 71.6 Å². The summed E-state index contributed by atoms with van der Waals surface area (Å²) in [6.07, 6.45) is 5.48. The molecule has 0 bridgehead atoms. The second kappa shape index (κ2) is 10.5. The van der Waals surface area contributed by atoms with Crippen molar-refractivity contribution in [3.05, 3.63) is 35.4 Å². The molecule has 24 heavy (non-hydrogen) atoms. The standard InChI is InChI=1S/C21H35NO2/c1-17(16-22-14-8-6-5-7-9-20(23)24)15-18-10-12-19(13-11-18)21(2,3)4/h10-13,17,22H,5-9,14-16H2,1-4H3,(H,23,24)/t17-/m0/s1. The first-order chi connectivity index (χ1) is 11.3. The van der Waals surface area contributed by atoms with Gasteiger partial charge in [0.1, 0.15) is 0 Å². The van der Waals surface area contributed by atoms with Crippen molar-refractivity contribution in [1.29, 1.82) is 0 Å². The van der Waals surface area contributed by atoms with Crippen LogP contribution in [0.4, 0.5) is 0 Å². The maximum atomic E-state index is 10.4. The lowest BCUT2D eigenvalue weighted by atomic mass is 9.86. The molecule has 1 atom stereocenters. The van der Waals surface area contributed by atoms with Gasteiger partial charge in [-0.1, -0.05) is 64.8 Å². The Balaban J connectivity index is 2.13. The van der Waals surface area contributed by atoms with Crippen molar-refractivity contribution in [2.75, 3.05) is 13.1 Å². The van der Waals surface area contributed by atoms with Crippen LogP contribution in [-0.2, 0) is 16.6 Å². The fraction of sp³-hybridized carbons (Fsp3) is 0.667. The summed E-state index contributed by atoms with van der Waals surface area (Å²) in [5.74, 6) is -0.0602. The molecule has 0 aromatic heterocycles. The third kappa shape index (κ3) is 9.07. The Labute approximate surface area is 147 Å². The molecule has 0 spiro atoms. The van der Waals surface area contributed by atoms with E-state index in [1.54, 1.807) is 0 Å². The predicted octanol–water partition coefficient (Wildman–Crippen LogP) is 4.79. The van der Waals surface area contributed by atoms with Gasteiger partial charge < -0.3 is 10.4 Å². The van der Waals surface area contributed by atoms with Crippen molar-refractivity contribution in [2.24, 2.45) is 5.92 Å². The highest BCUT2D eigenvalue weighted by atomic mass is 16.4. The highest BCUT2D eigenvalue weighted by molar-refractivity contribution is 5.66. The molecule has 3 nitrogen and oxygen atoms in total. The van der Waals surface area contributed by atoms with Crippen molar-refractivity contribution < 1.29 is 9.90 Å². The van der Waals surface area contributed by atoms with Gasteiger partial charge in [0.15, 0.2) is 0 Å². The van der Waals surface area contributed by atoms with Crippen molar-refractivity contribution in [1.82, 2.24) is 5.32 Å². The van der Waals surface area contributed by atoms with Gasteiger partial charge in [0.05, 0.1) is 0 Å². The van der Waals surface area contributed by atoms with Crippen molar-refractivity contribution in [3.8, 4) is 0 Å². The van der Waals surface area contributed by atoms with E-state index in [0.29, 0.717) is 12.3 Å². The number of carboxylic acids is 1. The number of rotatable bonds is 11. The fourth-order valence-corrected chi connectivity index (χ4v) is 2.84. The zero-order chi connectivity index (χ0) is 18.0. The van der Waals surface area contributed by atoms with E-state index in [4.69, 9.17) is 5.11 Å². The van der Waals surface area contributed by atoms with Crippen LogP contribution >= 0.6 is 0 Å². The van der Waals surface area contributed by atoms with Crippen LogP contribution in [0.3, 0.4) is 0 Å². The lowest BCUT2D eigenvalue weighted by Crippen LogP contribution is -2.23. The molecular formula is C21H35NO2. The highest BCUT2D eigenvalue weighted by Gasteiger charge is 2.13. The summed E-state index contributed by atoms with van der Waals surface area (Å²) in [7, 11) is 0. The minimum atomic E-state index is -0.683. The summed E-state index contributed by atoms with van der Waals surface area (Å²) < 4.78 is 0. The molecular weight excluding hydrogens is 298 g/mol. The molecule has 0 aliphatic heterocycles. The Morgan fingerprint density at radius 1 is 1.08 bits per heavy atom. The summed E-state index contributed by atoms with van der Waals surface area (Å²) in [5.41, 5.74) is 3.02. The average molecular weight is 334 g/mol. The second-order valence-electron chi connectivity index (χ2n) is 8.02. The molecule has 0 heterocycles. The Morgan fingerprint density at radius 2 is 1.71 bits per heavy atom. The summed E-state index contributed by atoms with van der Waals surface area (Å²) in [5, 5.41) is 12.1. The van der Waals surface area contributed by atoms with Gasteiger partial charge in [0.25, 0.3) is 0 Å². The number of benzene rings is 1. The van der Waals surface area contributed by atoms with Gasteiger partial charge >= 0.3 is 5.97 Å². The Morgan fingerprint density at radius 3 is 2.29 bits per heavy atom. The molecule has 1 rings (SSSR count). The van der Waals surface area contributed by atoms with Gasteiger partial charge in [-0.3, -0.25) is 4.79 Å². The molecule has 0 aliphatic carbocycles. The quantitative estimate of drug-likeness (QED) is 0.573. The molecule has 2 N–H and O–H groups in total. The number of aliphatic carboxylic acids is 1. The highest BCUT2D eigenvalue weighted by Crippen LogP contribution is 2.22. The maximum absolute atomic E-state index is 10.4. The van der Waals surface area contributed by atoms with E-state index in [1.807, 2.05) is 0 Å². The first-order valence-corrected chi connectivity index (χ1v) is 9.31. The van der Waals surface area contributed by atoms with Gasteiger partial charge in [0, 0.05) is 6.42 Å². The monoisotopic (exact) mass is 333 g/mol. The van der Waals surface area contributed by atoms with Gasteiger partial charge in [-0.2, -0.15) is 0 Å². The Hall–Kier alpha value is -1.35. The summed E-state index contributed by atoms with van der Waals surface area (Å²) in [4.78, 5) is 10.4. The van der Waals surface area contributed by atoms with Crippen LogP contribution in [0.15, 0.2) is 24.3 Å². The lowest BCUT2D eigenvalue weighted by molar-refractivity contribution is -0.137. The van der Waals surface area contributed by atoms with E-state index >= 15 is 0 Å². The molecule has 0 radical (unpaired) electrons. The Bertz CT molecular complexity index is 474. The van der Waals surface area contributed by atoms with E-state index in [1.165, 1.54) is 11.1 Å². The Kier molecular flexibility index (Phi) is 9.05. The summed E-state index contributed by atoms with van der Waals surface area (Å²) in [6, 6.07) is 9.04. The van der Waals surface area contributed by atoms with E-state index < -0.39 is 5.97 Å². The van der Waals surface area contributed by atoms with Crippen LogP contribution in [0, 0.1) is 5.92 Å². The molecule has 1 aromatic carbocycles. The van der Waals surface area contributed by atoms with Gasteiger partial charge in [-0.25, -0.2) is 0 Å². The molecule has 3 heteroatoms. The van der Waals surface area contributed by atoms with Crippen LogP contribution in [-0.4, -0.2) is 24.2 Å². The van der Waals surface area contributed by atoms with Gasteiger partial charge in [-0.15, -0.1) is 0 Å². The number of hydrogen-bond acceptors (Lipinski definition) is 2. The SMILES string of the molecule is C[C@H](CNCCCCCCC(=O)O)Cc1ccc(C(C)(C)C)cc1. The lowest BCUT2D eigenvalue weighted by Gasteiger charge is -2.19. The van der Waals surface area contributed by atoms with Crippen LogP contribution in [0.25, 0.3) is 0 Å². The number of carbonyl (C=O) groups is 1. The summed E-state index contributed by atoms with van der Waals surface area (Å²) in [6.45, 7) is 11.1. The third-order valence-electron chi connectivity index (χ3n) is 4.39. The summed E-state index contributed by atoms with van der Waals surface area (Å²) >= 11 is 0. The largest absolute Gasteiger partial charge is 0.481 e. The van der Waals surface area contributed by atoms with Crippen LogP contribution in [0.1, 0.15) is 70.9 Å². The maximum Gasteiger partial charge on any atom is 0.303 e. The third-order valence-corrected chi connectivity index (χ3v) is 4.39. The number of hydrogen-bond donors (Lipinski definition) is 2. The minimum Gasteiger partial charge on any atom is -0.481 e. The predicted molar refractivity (Wildman–Crippen MR) is 102 cm³/mol. The first-order valence-electron chi connectivity index (χ1n) is 9.31. The van der Waals surface area contributed by atoms with Gasteiger partial charge in [-0.05, 0) is 54.8 Å². The van der Waals surface area contributed by atoms with E-state index in [-0.39, 0.29) is 5.41 Å². The van der Waals surface area contributed by atoms with E-state index in [2.05, 4.69) is 57.3 Å². The fourth-order valence-electron chi connectivity index (χ4n) is 2.84. The average Bonchev–Trinajstić information content (AvgIpc) is 2.49. The molecule has 0 amide bonds. The first kappa shape index (κ1) is 20.7.